The summed E-state index contributed by atoms with van der Waals surface area (Å²) in [5, 5.41) is 84.9. The summed E-state index contributed by atoms with van der Waals surface area (Å²) in [6.45, 7) is -1.21. The lowest BCUT2D eigenvalue weighted by Gasteiger charge is -2.48. The Kier molecular flexibility index (Phi) is 11.8. The van der Waals surface area contributed by atoms with E-state index in [9.17, 15) is 45.7 Å². The van der Waals surface area contributed by atoms with Crippen LogP contribution in [0.4, 0.5) is 4.79 Å². The van der Waals surface area contributed by atoms with Gasteiger partial charge in [-0.05, 0) is 6.42 Å². The van der Waals surface area contributed by atoms with Crippen molar-refractivity contribution in [2.24, 2.45) is 22.9 Å². The molecule has 0 unspecified atom stereocenters. The Morgan fingerprint density at radius 1 is 0.850 bits per heavy atom. The second-order valence-electron chi connectivity index (χ2n) is 10.1. The SMILES string of the molecule is NCCN(O)C(=O)N[C@H]1C[C@@H](N)[C@H](O[C@H]2O[C@H](CN)[C@@H](O)[C@H](O)[C@H]2O)[C@@H](O)[C@@H]1O[C@H]1O[C@H](CO)[C@@H](O)[C@H](N)[C@H]1O. The third-order valence-corrected chi connectivity index (χ3v) is 7.32. The smallest absolute Gasteiger partial charge is 0.341 e. The summed E-state index contributed by atoms with van der Waals surface area (Å²) in [6, 6.07) is -4.53. The van der Waals surface area contributed by atoms with Crippen LogP contribution in [0.15, 0.2) is 0 Å². The topological polar surface area (TPSA) is 335 Å². The Morgan fingerprint density at radius 3 is 2.05 bits per heavy atom. The number of hydrogen-bond donors (Lipinski definition) is 13. The van der Waals surface area contributed by atoms with Crippen molar-refractivity contribution < 1.29 is 64.7 Å². The van der Waals surface area contributed by atoms with Gasteiger partial charge < -0.3 is 82.9 Å². The zero-order valence-corrected chi connectivity index (χ0v) is 21.6. The van der Waals surface area contributed by atoms with Crippen molar-refractivity contribution in [3.63, 3.8) is 0 Å². The van der Waals surface area contributed by atoms with Crippen molar-refractivity contribution in [3.8, 4) is 0 Å². The third-order valence-electron chi connectivity index (χ3n) is 7.32. The van der Waals surface area contributed by atoms with E-state index < -0.39 is 104 Å². The maximum absolute atomic E-state index is 12.5. The number of ether oxygens (including phenoxy) is 4. The Bertz CT molecular complexity index is 817. The van der Waals surface area contributed by atoms with Gasteiger partial charge in [-0.15, -0.1) is 0 Å². The predicted octanol–water partition coefficient (Wildman–Crippen LogP) is -7.89. The van der Waals surface area contributed by atoms with Crippen molar-refractivity contribution in [2.45, 2.75) is 98.2 Å². The number of hydrogen-bond acceptors (Lipinski definition) is 17. The van der Waals surface area contributed by atoms with Gasteiger partial charge in [-0.3, -0.25) is 5.21 Å². The van der Waals surface area contributed by atoms with Crippen LogP contribution in [-0.2, 0) is 18.9 Å². The van der Waals surface area contributed by atoms with Gasteiger partial charge in [-0.25, -0.2) is 9.86 Å². The van der Waals surface area contributed by atoms with Crippen molar-refractivity contribution >= 4 is 6.03 Å². The van der Waals surface area contributed by atoms with Crippen LogP contribution in [0, 0.1) is 0 Å². The molecule has 0 spiro atoms. The number of hydroxylamine groups is 2. The molecule has 2 saturated heterocycles. The molecule has 17 N–H and O–H groups in total. The van der Waals surface area contributed by atoms with Gasteiger partial charge in [0.2, 0.25) is 0 Å². The van der Waals surface area contributed by atoms with Gasteiger partial charge in [0.15, 0.2) is 12.6 Å². The zero-order chi connectivity index (χ0) is 29.9. The molecule has 2 aliphatic heterocycles. The lowest BCUT2D eigenvalue weighted by molar-refractivity contribution is -0.332. The molecule has 0 aromatic heterocycles. The largest absolute Gasteiger partial charge is 0.394 e. The second kappa shape index (κ2) is 14.2. The lowest BCUT2D eigenvalue weighted by Crippen LogP contribution is -2.69. The van der Waals surface area contributed by atoms with Gasteiger partial charge in [-0.1, -0.05) is 0 Å². The van der Waals surface area contributed by atoms with E-state index in [-0.39, 0.29) is 26.1 Å². The van der Waals surface area contributed by atoms with Gasteiger partial charge in [-0.2, -0.15) is 0 Å². The van der Waals surface area contributed by atoms with E-state index in [1.807, 2.05) is 0 Å². The van der Waals surface area contributed by atoms with Gasteiger partial charge in [0.1, 0.15) is 61.0 Å². The van der Waals surface area contributed by atoms with E-state index in [0.717, 1.165) is 0 Å². The minimum atomic E-state index is -1.76. The quantitative estimate of drug-likeness (QED) is 0.0880. The standard InChI is InChI=1S/C21H42N6O13/c22-1-2-27(36)21(35)26-7-3-6(24)17(39-20-15(33)14(32)12(30)8(4-23)37-20)16(34)18(7)40-19-13(31)10(25)11(29)9(5-28)38-19/h6-20,28-34,36H,1-5,22-25H2,(H,26,35)/t6-,7+,8-,9-,10+,11-,12-,13-,14+,15-,16-,17+,18-,19-,20-/m1/s1. The van der Waals surface area contributed by atoms with E-state index in [1.165, 1.54) is 0 Å². The van der Waals surface area contributed by atoms with Gasteiger partial charge >= 0.3 is 6.03 Å². The van der Waals surface area contributed by atoms with Crippen molar-refractivity contribution in [2.75, 3.05) is 26.2 Å². The fourth-order valence-corrected chi connectivity index (χ4v) is 4.96. The summed E-state index contributed by atoms with van der Waals surface area (Å²) in [5.41, 5.74) is 23.0. The maximum atomic E-state index is 12.5. The first-order valence-electron chi connectivity index (χ1n) is 12.8. The highest BCUT2D eigenvalue weighted by Gasteiger charge is 2.52. The first kappa shape index (κ1) is 33.1. The fourth-order valence-electron chi connectivity index (χ4n) is 4.96. The number of aliphatic hydroxyl groups excluding tert-OH is 7. The summed E-state index contributed by atoms with van der Waals surface area (Å²) in [4.78, 5) is 12.5. The first-order chi connectivity index (χ1) is 18.9. The average Bonchev–Trinajstić information content (AvgIpc) is 2.92. The van der Waals surface area contributed by atoms with Crippen LogP contribution in [0.3, 0.4) is 0 Å². The summed E-state index contributed by atoms with van der Waals surface area (Å²) in [5.74, 6) is 0. The van der Waals surface area contributed by atoms with Crippen LogP contribution in [0.5, 0.6) is 0 Å². The van der Waals surface area contributed by atoms with E-state index in [0.29, 0.717) is 5.06 Å². The fraction of sp³-hybridized carbons (Fsp3) is 0.952. The Hall–Kier alpha value is -1.37. The summed E-state index contributed by atoms with van der Waals surface area (Å²) >= 11 is 0. The number of nitrogens with one attached hydrogen (secondary N) is 1. The highest BCUT2D eigenvalue weighted by atomic mass is 16.7. The molecule has 15 atom stereocenters. The lowest BCUT2D eigenvalue weighted by atomic mass is 9.83. The van der Waals surface area contributed by atoms with E-state index >= 15 is 0 Å². The summed E-state index contributed by atoms with van der Waals surface area (Å²) in [6.07, 6.45) is -18.4. The molecule has 2 heterocycles. The number of rotatable bonds is 9. The Morgan fingerprint density at radius 2 is 1.45 bits per heavy atom. The Balaban J connectivity index is 1.85. The molecule has 0 bridgehead atoms. The number of amides is 2. The van der Waals surface area contributed by atoms with E-state index in [1.54, 1.807) is 0 Å². The van der Waals surface area contributed by atoms with Crippen LogP contribution in [0.1, 0.15) is 6.42 Å². The molecule has 234 valence electrons. The molecule has 40 heavy (non-hydrogen) atoms. The Labute approximate surface area is 229 Å². The monoisotopic (exact) mass is 586 g/mol. The molecule has 0 aromatic carbocycles. The third kappa shape index (κ3) is 6.98. The average molecular weight is 587 g/mol. The zero-order valence-electron chi connectivity index (χ0n) is 21.6. The molecule has 19 heteroatoms. The van der Waals surface area contributed by atoms with Crippen molar-refractivity contribution in [1.29, 1.82) is 0 Å². The molecule has 0 radical (unpaired) electrons. The molecule has 19 nitrogen and oxygen atoms in total. The molecule has 1 saturated carbocycles. The molecule has 3 rings (SSSR count). The normalized spacial score (nSPS) is 46.1. The van der Waals surface area contributed by atoms with Crippen molar-refractivity contribution in [3.05, 3.63) is 0 Å². The highest BCUT2D eigenvalue weighted by molar-refractivity contribution is 5.73. The molecular formula is C21H42N6O13. The number of aliphatic hydroxyl groups is 7. The van der Waals surface area contributed by atoms with Crippen LogP contribution < -0.4 is 28.3 Å². The van der Waals surface area contributed by atoms with Crippen LogP contribution in [0.25, 0.3) is 0 Å². The summed E-state index contributed by atoms with van der Waals surface area (Å²) in [7, 11) is 0. The molecular weight excluding hydrogens is 544 g/mol. The first-order valence-corrected chi connectivity index (χ1v) is 12.8. The second-order valence-corrected chi connectivity index (χ2v) is 10.1. The maximum Gasteiger partial charge on any atom is 0.341 e. The minimum Gasteiger partial charge on any atom is -0.394 e. The van der Waals surface area contributed by atoms with Crippen LogP contribution in [-0.4, -0.2) is 170 Å². The summed E-state index contributed by atoms with van der Waals surface area (Å²) < 4.78 is 22.5. The van der Waals surface area contributed by atoms with Crippen LogP contribution >= 0.6 is 0 Å². The number of nitrogens with zero attached hydrogens (tertiary/aromatic N) is 1. The van der Waals surface area contributed by atoms with Gasteiger partial charge in [0, 0.05) is 19.1 Å². The van der Waals surface area contributed by atoms with Gasteiger partial charge in [0.25, 0.3) is 0 Å². The van der Waals surface area contributed by atoms with Gasteiger partial charge in [0.05, 0.1) is 25.2 Å². The predicted molar refractivity (Wildman–Crippen MR) is 130 cm³/mol. The number of carbonyl (C=O) groups is 1. The van der Waals surface area contributed by atoms with Crippen molar-refractivity contribution in [1.82, 2.24) is 10.4 Å². The van der Waals surface area contributed by atoms with Crippen LogP contribution in [0.2, 0.25) is 0 Å². The number of urea groups is 1. The number of carbonyl (C=O) groups excluding carboxylic acids is 1. The van der Waals surface area contributed by atoms with E-state index in [4.69, 9.17) is 41.9 Å². The molecule has 2 amide bonds. The molecule has 0 aromatic rings. The molecule has 1 aliphatic carbocycles. The minimum absolute atomic E-state index is 0.0640. The van der Waals surface area contributed by atoms with E-state index in [2.05, 4.69) is 5.32 Å². The number of nitrogens with two attached hydrogens (primary N) is 4. The highest BCUT2D eigenvalue weighted by Crippen LogP contribution is 2.32. The molecule has 3 aliphatic rings. The molecule has 3 fully saturated rings.